The van der Waals surface area contributed by atoms with Gasteiger partial charge < -0.3 is 14.6 Å². The number of halogens is 4. The number of amides is 1. The van der Waals surface area contributed by atoms with Gasteiger partial charge in [0, 0.05) is 12.8 Å². The summed E-state index contributed by atoms with van der Waals surface area (Å²) in [6.07, 6.45) is 0.218. The van der Waals surface area contributed by atoms with Crippen molar-refractivity contribution in [1.82, 2.24) is 14.1 Å². The van der Waals surface area contributed by atoms with Gasteiger partial charge in [0.15, 0.2) is 5.82 Å². The van der Waals surface area contributed by atoms with Crippen molar-refractivity contribution in [2.45, 2.75) is 25.8 Å². The molecule has 2 atom stereocenters. The number of ether oxygens (including phenoxy) is 1. The lowest BCUT2D eigenvalue weighted by Gasteiger charge is -2.27. The van der Waals surface area contributed by atoms with Crippen LogP contribution in [0.15, 0.2) is 65.1 Å². The highest BCUT2D eigenvalue weighted by Crippen LogP contribution is 2.37. The largest absolute Gasteiger partial charge is 0.755 e. The van der Waals surface area contributed by atoms with Gasteiger partial charge in [-0.25, -0.2) is 9.18 Å². The lowest BCUT2D eigenvalue weighted by atomic mass is 10.0. The summed E-state index contributed by atoms with van der Waals surface area (Å²) in [7, 11) is 0. The third-order valence-corrected chi connectivity index (χ3v) is 8.45. The van der Waals surface area contributed by atoms with Crippen molar-refractivity contribution in [3.05, 3.63) is 103 Å². The van der Waals surface area contributed by atoms with Gasteiger partial charge in [-0.3, -0.25) is 13.3 Å². The zero-order chi connectivity index (χ0) is 30.4. The summed E-state index contributed by atoms with van der Waals surface area (Å²) in [5.41, 5.74) is 1.36. The fraction of sp³-hybridized carbons (Fsp3) is 0.185. The van der Waals surface area contributed by atoms with E-state index in [1.165, 1.54) is 30.3 Å². The highest BCUT2D eigenvalue weighted by molar-refractivity contribution is 9.10. The monoisotopic (exact) mass is 713 g/mol. The fourth-order valence-electron chi connectivity index (χ4n) is 3.98. The normalized spacial score (nSPS) is 12.4. The second-order valence-corrected chi connectivity index (χ2v) is 11.7. The van der Waals surface area contributed by atoms with Crippen molar-refractivity contribution >= 4 is 85.5 Å². The number of nitrogens with one attached hydrogen (secondary N) is 1. The van der Waals surface area contributed by atoms with Crippen molar-refractivity contribution in [1.29, 1.82) is 0 Å². The predicted octanol–water partition coefficient (Wildman–Crippen LogP) is 6.17. The smallest absolute Gasteiger partial charge is 0.328 e. The number of carbonyl (C=O) groups excluding carboxylic acids is 2. The number of anilines is 2. The number of hydrogen-bond donors (Lipinski definition) is 1. The molecular weight excluding hydrogens is 694 g/mol. The third kappa shape index (κ3) is 7.71. The molecule has 4 rings (SSSR count). The number of esters is 1. The SMILES string of the molecule is CCOC(=O)C(Cc1ccc(F)c(Br)c1)NC(=O)c1cc(Cl)c(Cl)cc1N(c1nsnc1Cc1ccccc1)S(=O)[O-]. The van der Waals surface area contributed by atoms with Crippen LogP contribution in [0.3, 0.4) is 0 Å². The molecule has 0 aliphatic carbocycles. The Hall–Kier alpha value is -2.94. The average molecular weight is 715 g/mol. The summed E-state index contributed by atoms with van der Waals surface area (Å²) in [4.78, 5) is 26.5. The van der Waals surface area contributed by atoms with E-state index in [4.69, 9.17) is 27.9 Å². The van der Waals surface area contributed by atoms with Crippen LogP contribution in [0, 0.1) is 5.82 Å². The van der Waals surface area contributed by atoms with E-state index in [2.05, 4.69) is 30.0 Å². The highest BCUT2D eigenvalue weighted by atomic mass is 79.9. The highest BCUT2D eigenvalue weighted by Gasteiger charge is 2.29. The van der Waals surface area contributed by atoms with Crippen molar-refractivity contribution < 1.29 is 27.5 Å². The zero-order valence-corrected chi connectivity index (χ0v) is 26.4. The van der Waals surface area contributed by atoms with Crippen molar-refractivity contribution in [3.8, 4) is 0 Å². The van der Waals surface area contributed by atoms with Crippen LogP contribution < -0.4 is 9.62 Å². The van der Waals surface area contributed by atoms with E-state index in [1.807, 2.05) is 30.3 Å². The van der Waals surface area contributed by atoms with Crippen LogP contribution in [-0.2, 0) is 33.6 Å². The minimum absolute atomic E-state index is 0.0235. The Kier molecular flexibility index (Phi) is 11.0. The van der Waals surface area contributed by atoms with E-state index in [-0.39, 0.29) is 51.0 Å². The molecule has 220 valence electrons. The van der Waals surface area contributed by atoms with Crippen molar-refractivity contribution in [2.24, 2.45) is 0 Å². The summed E-state index contributed by atoms with van der Waals surface area (Å²) in [5.74, 6) is -2.11. The minimum Gasteiger partial charge on any atom is -0.755 e. The molecule has 0 aliphatic heterocycles. The molecule has 0 saturated carbocycles. The van der Waals surface area contributed by atoms with E-state index in [0.29, 0.717) is 11.3 Å². The fourth-order valence-corrected chi connectivity index (χ4v) is 5.93. The molecule has 1 amide bonds. The molecule has 1 heterocycles. The van der Waals surface area contributed by atoms with Crippen LogP contribution in [0.5, 0.6) is 0 Å². The molecule has 0 radical (unpaired) electrons. The van der Waals surface area contributed by atoms with E-state index >= 15 is 0 Å². The molecular formula is C27H21BrCl2FN4O5S2-. The van der Waals surface area contributed by atoms with Crippen LogP contribution >= 0.6 is 50.9 Å². The van der Waals surface area contributed by atoms with Gasteiger partial charge in [0.1, 0.15) is 17.6 Å². The van der Waals surface area contributed by atoms with Gasteiger partial charge in [0.2, 0.25) is 0 Å². The Bertz CT molecular complexity index is 1630. The lowest BCUT2D eigenvalue weighted by Crippen LogP contribution is -2.43. The number of carbonyl (C=O) groups is 2. The van der Waals surface area contributed by atoms with Gasteiger partial charge in [0.05, 0.1) is 55.4 Å². The maximum absolute atomic E-state index is 13.8. The molecule has 3 aromatic carbocycles. The maximum Gasteiger partial charge on any atom is 0.328 e. The number of rotatable bonds is 11. The summed E-state index contributed by atoms with van der Waals surface area (Å²) >= 11 is 13.4. The number of benzene rings is 3. The summed E-state index contributed by atoms with van der Waals surface area (Å²) in [5, 5.41) is 2.54. The lowest BCUT2D eigenvalue weighted by molar-refractivity contribution is -0.145. The quantitative estimate of drug-likeness (QED) is 0.146. The van der Waals surface area contributed by atoms with Gasteiger partial charge in [-0.1, -0.05) is 59.6 Å². The molecule has 2 unspecified atom stereocenters. The Labute approximate surface area is 265 Å². The first-order valence-electron chi connectivity index (χ1n) is 12.2. The standard InChI is InChI=1S/C27H22BrCl2FN4O5S2/c1-2-40-27(37)23(12-16-8-9-21(31)18(28)10-16)32-26(36)17-13-19(29)20(30)14-24(17)35(42(38)39)25-22(33-41-34-25)11-15-6-4-3-5-7-15/h3-10,13-14,23H,2,11-12H2,1H3,(H,32,36)(H,38,39)/p-1. The van der Waals surface area contributed by atoms with E-state index in [1.54, 1.807) is 6.92 Å². The van der Waals surface area contributed by atoms with Gasteiger partial charge in [-0.05, 0) is 58.2 Å². The molecule has 0 aliphatic rings. The van der Waals surface area contributed by atoms with Crippen LogP contribution in [0.1, 0.15) is 34.1 Å². The minimum atomic E-state index is -2.98. The zero-order valence-electron chi connectivity index (χ0n) is 21.7. The predicted molar refractivity (Wildman–Crippen MR) is 162 cm³/mol. The second-order valence-electron chi connectivity index (χ2n) is 8.72. The second kappa shape index (κ2) is 14.5. The molecule has 0 fully saturated rings. The van der Waals surface area contributed by atoms with E-state index in [9.17, 15) is 22.7 Å². The average Bonchev–Trinajstić information content (AvgIpc) is 3.39. The Morgan fingerprint density at radius 1 is 1.12 bits per heavy atom. The molecule has 0 bridgehead atoms. The van der Waals surface area contributed by atoms with Crippen molar-refractivity contribution in [3.63, 3.8) is 0 Å². The Balaban J connectivity index is 1.73. The van der Waals surface area contributed by atoms with Crippen LogP contribution in [-0.4, -0.2) is 42.0 Å². The van der Waals surface area contributed by atoms with E-state index in [0.717, 1.165) is 21.6 Å². The molecule has 0 saturated heterocycles. The first kappa shape index (κ1) is 32.0. The van der Waals surface area contributed by atoms with Gasteiger partial charge in [0.25, 0.3) is 5.91 Å². The van der Waals surface area contributed by atoms with Gasteiger partial charge in [-0.15, -0.1) is 0 Å². The van der Waals surface area contributed by atoms with Gasteiger partial charge >= 0.3 is 5.97 Å². The van der Waals surface area contributed by atoms with Gasteiger partial charge in [-0.2, -0.15) is 8.75 Å². The topological polar surface area (TPSA) is 125 Å². The third-order valence-electron chi connectivity index (χ3n) is 5.89. The molecule has 0 spiro atoms. The first-order valence-corrected chi connectivity index (χ1v) is 15.6. The molecule has 15 heteroatoms. The van der Waals surface area contributed by atoms with Crippen LogP contribution in [0.25, 0.3) is 0 Å². The Morgan fingerprint density at radius 2 is 1.83 bits per heavy atom. The van der Waals surface area contributed by atoms with E-state index < -0.39 is 35.0 Å². The number of hydrogen-bond acceptors (Lipinski definition) is 8. The first-order chi connectivity index (χ1) is 20.1. The molecule has 42 heavy (non-hydrogen) atoms. The van der Waals surface area contributed by atoms with Crippen molar-refractivity contribution in [2.75, 3.05) is 10.9 Å². The molecule has 4 aromatic rings. The maximum atomic E-state index is 13.8. The summed E-state index contributed by atoms with van der Waals surface area (Å²) in [6, 6.07) is 14.6. The molecule has 1 aromatic heterocycles. The Morgan fingerprint density at radius 3 is 2.50 bits per heavy atom. The number of nitrogens with zero attached hydrogens (tertiary/aromatic N) is 3. The summed E-state index contributed by atoms with van der Waals surface area (Å²) in [6.45, 7) is 1.65. The molecule has 1 N–H and O–H groups in total. The molecule has 9 nitrogen and oxygen atoms in total. The summed E-state index contributed by atoms with van der Waals surface area (Å²) < 4.78 is 53.6. The van der Waals surface area contributed by atoms with Crippen LogP contribution in [0.2, 0.25) is 10.0 Å². The number of aromatic nitrogens is 2. The van der Waals surface area contributed by atoms with Crippen LogP contribution in [0.4, 0.5) is 15.9 Å².